The number of morpholine rings is 1. The van der Waals surface area contributed by atoms with Crippen LogP contribution in [0.4, 0.5) is 17.5 Å². The van der Waals surface area contributed by atoms with E-state index in [0.717, 1.165) is 75.8 Å². The van der Waals surface area contributed by atoms with E-state index < -0.39 is 0 Å². The number of hydrogen-bond acceptors (Lipinski definition) is 7. The van der Waals surface area contributed by atoms with Gasteiger partial charge in [-0.15, -0.1) is 0 Å². The molecule has 0 spiro atoms. The summed E-state index contributed by atoms with van der Waals surface area (Å²) in [4.78, 5) is 20.5. The van der Waals surface area contributed by atoms with Crippen LogP contribution in [0.1, 0.15) is 5.82 Å². The number of aromatic nitrogens is 3. The fourth-order valence-corrected chi connectivity index (χ4v) is 3.65. The lowest BCUT2D eigenvalue weighted by molar-refractivity contribution is 0.122. The summed E-state index contributed by atoms with van der Waals surface area (Å²) in [7, 11) is 0. The maximum atomic E-state index is 6.28. The second-order valence-electron chi connectivity index (χ2n) is 6.51. The first-order chi connectivity index (χ1) is 12.7. The summed E-state index contributed by atoms with van der Waals surface area (Å²) < 4.78 is 5.44. The topological polar surface area (TPSA) is 57.6 Å². The van der Waals surface area contributed by atoms with Crippen LogP contribution in [0.2, 0.25) is 5.02 Å². The van der Waals surface area contributed by atoms with E-state index in [-0.39, 0.29) is 0 Å². The molecule has 2 aromatic rings. The highest BCUT2D eigenvalue weighted by Gasteiger charge is 2.22. The van der Waals surface area contributed by atoms with Gasteiger partial charge in [0.15, 0.2) is 0 Å². The van der Waals surface area contributed by atoms with E-state index in [1.807, 2.05) is 19.1 Å². The van der Waals surface area contributed by atoms with Crippen LogP contribution in [0.25, 0.3) is 0 Å². The number of halogens is 1. The molecule has 2 aromatic heterocycles. The lowest BCUT2D eigenvalue weighted by Gasteiger charge is -2.37. The zero-order valence-corrected chi connectivity index (χ0v) is 15.7. The first kappa shape index (κ1) is 17.3. The third kappa shape index (κ3) is 3.68. The van der Waals surface area contributed by atoms with Gasteiger partial charge in [-0.3, -0.25) is 0 Å². The second kappa shape index (κ2) is 7.63. The number of anilines is 3. The molecule has 0 bridgehead atoms. The number of ether oxygens (including phenoxy) is 1. The van der Waals surface area contributed by atoms with Gasteiger partial charge in [-0.25, -0.2) is 15.0 Å². The molecule has 2 aliphatic rings. The molecule has 0 radical (unpaired) electrons. The minimum absolute atomic E-state index is 0.702. The lowest BCUT2D eigenvalue weighted by atomic mass is 10.3. The Kier molecular flexibility index (Phi) is 5.08. The largest absolute Gasteiger partial charge is 0.378 e. The average Bonchev–Trinajstić information content (AvgIpc) is 2.69. The van der Waals surface area contributed by atoms with Crippen molar-refractivity contribution in [3.63, 3.8) is 0 Å². The first-order valence-electron chi connectivity index (χ1n) is 8.99. The van der Waals surface area contributed by atoms with Crippen molar-refractivity contribution in [1.29, 1.82) is 0 Å². The molecule has 8 heteroatoms. The quantitative estimate of drug-likeness (QED) is 0.814. The zero-order valence-electron chi connectivity index (χ0n) is 14.9. The fraction of sp³-hybridized carbons (Fsp3) is 0.500. The molecule has 0 N–H and O–H groups in total. The smallest absolute Gasteiger partial charge is 0.147 e. The molecule has 0 unspecified atom stereocenters. The molecule has 0 saturated carbocycles. The van der Waals surface area contributed by atoms with Crippen molar-refractivity contribution in [3.8, 4) is 0 Å². The molecule has 2 saturated heterocycles. The Morgan fingerprint density at radius 3 is 2.19 bits per heavy atom. The highest BCUT2D eigenvalue weighted by atomic mass is 35.5. The SMILES string of the molecule is Cc1nc(N2CCOCC2)cc(N2CCN(c3ncccc3Cl)CC2)n1. The van der Waals surface area contributed by atoms with Crippen LogP contribution < -0.4 is 14.7 Å². The molecular formula is C18H23ClN6O. The van der Waals surface area contributed by atoms with Gasteiger partial charge < -0.3 is 19.4 Å². The predicted molar refractivity (Wildman–Crippen MR) is 103 cm³/mol. The van der Waals surface area contributed by atoms with Crippen molar-refractivity contribution in [1.82, 2.24) is 15.0 Å². The van der Waals surface area contributed by atoms with Gasteiger partial charge in [-0.05, 0) is 19.1 Å². The van der Waals surface area contributed by atoms with E-state index in [1.165, 1.54) is 0 Å². The highest BCUT2D eigenvalue weighted by molar-refractivity contribution is 6.32. The van der Waals surface area contributed by atoms with Crippen molar-refractivity contribution in [2.45, 2.75) is 6.92 Å². The van der Waals surface area contributed by atoms with Crippen molar-refractivity contribution in [2.75, 3.05) is 67.2 Å². The van der Waals surface area contributed by atoms with Crippen molar-refractivity contribution >= 4 is 29.1 Å². The molecule has 4 rings (SSSR count). The van der Waals surface area contributed by atoms with Crippen LogP contribution >= 0.6 is 11.6 Å². The van der Waals surface area contributed by atoms with Crippen LogP contribution in [0.5, 0.6) is 0 Å². The van der Waals surface area contributed by atoms with Gasteiger partial charge in [-0.1, -0.05) is 11.6 Å². The highest BCUT2D eigenvalue weighted by Crippen LogP contribution is 2.25. The van der Waals surface area contributed by atoms with Gasteiger partial charge in [0, 0.05) is 51.5 Å². The lowest BCUT2D eigenvalue weighted by Crippen LogP contribution is -2.47. The molecule has 138 valence electrons. The summed E-state index contributed by atoms with van der Waals surface area (Å²) in [5, 5.41) is 0.702. The standard InChI is InChI=1S/C18H23ClN6O/c1-14-21-16(13-17(22-14)24-9-11-26-12-10-24)23-5-7-25(8-6-23)18-15(19)3-2-4-20-18/h2-4,13H,5-12H2,1H3. The van der Waals surface area contributed by atoms with Gasteiger partial charge in [-0.2, -0.15) is 0 Å². The fourth-order valence-electron chi connectivity index (χ4n) is 3.41. The molecule has 2 aliphatic heterocycles. The van der Waals surface area contributed by atoms with E-state index in [2.05, 4.69) is 35.7 Å². The summed E-state index contributed by atoms with van der Waals surface area (Å²) in [5.41, 5.74) is 0. The number of piperazine rings is 1. The van der Waals surface area contributed by atoms with Crippen LogP contribution in [-0.4, -0.2) is 67.4 Å². The molecule has 0 aliphatic carbocycles. The second-order valence-corrected chi connectivity index (χ2v) is 6.92. The summed E-state index contributed by atoms with van der Waals surface area (Å²) in [6, 6.07) is 5.85. The van der Waals surface area contributed by atoms with Crippen molar-refractivity contribution in [2.24, 2.45) is 0 Å². The number of pyridine rings is 1. The Labute approximate surface area is 158 Å². The van der Waals surface area contributed by atoms with Crippen molar-refractivity contribution < 1.29 is 4.74 Å². The molecular weight excluding hydrogens is 352 g/mol. The van der Waals surface area contributed by atoms with Crippen LogP contribution in [0, 0.1) is 6.92 Å². The van der Waals surface area contributed by atoms with E-state index in [9.17, 15) is 0 Å². The maximum Gasteiger partial charge on any atom is 0.147 e. The molecule has 26 heavy (non-hydrogen) atoms. The molecule has 0 aromatic carbocycles. The zero-order chi connectivity index (χ0) is 17.9. The minimum atomic E-state index is 0.702. The third-order valence-corrected chi connectivity index (χ3v) is 5.08. The molecule has 0 amide bonds. The van der Waals surface area contributed by atoms with Gasteiger partial charge in [0.05, 0.1) is 18.2 Å². The van der Waals surface area contributed by atoms with Gasteiger partial charge >= 0.3 is 0 Å². The molecule has 2 fully saturated rings. The molecule has 7 nitrogen and oxygen atoms in total. The molecule has 4 heterocycles. The number of aryl methyl sites for hydroxylation is 1. The first-order valence-corrected chi connectivity index (χ1v) is 9.37. The van der Waals surface area contributed by atoms with Gasteiger partial charge in [0.2, 0.25) is 0 Å². The Morgan fingerprint density at radius 2 is 1.54 bits per heavy atom. The minimum Gasteiger partial charge on any atom is -0.378 e. The van der Waals surface area contributed by atoms with Gasteiger partial charge in [0.1, 0.15) is 23.3 Å². The number of rotatable bonds is 3. The maximum absolute atomic E-state index is 6.28. The van der Waals surface area contributed by atoms with E-state index in [0.29, 0.717) is 5.02 Å². The summed E-state index contributed by atoms with van der Waals surface area (Å²) in [5.74, 6) is 3.65. The Balaban J connectivity index is 1.47. The van der Waals surface area contributed by atoms with Crippen LogP contribution in [0.15, 0.2) is 24.4 Å². The van der Waals surface area contributed by atoms with Crippen LogP contribution in [-0.2, 0) is 4.74 Å². The summed E-state index contributed by atoms with van der Waals surface area (Å²) >= 11 is 6.28. The Bertz CT molecular complexity index is 759. The summed E-state index contributed by atoms with van der Waals surface area (Å²) in [6.45, 7) is 8.71. The van der Waals surface area contributed by atoms with Crippen molar-refractivity contribution in [3.05, 3.63) is 35.2 Å². The van der Waals surface area contributed by atoms with Crippen LogP contribution in [0.3, 0.4) is 0 Å². The third-order valence-electron chi connectivity index (χ3n) is 4.79. The summed E-state index contributed by atoms with van der Waals surface area (Å²) in [6.07, 6.45) is 1.79. The average molecular weight is 375 g/mol. The Morgan fingerprint density at radius 1 is 0.923 bits per heavy atom. The molecule has 0 atom stereocenters. The predicted octanol–water partition coefficient (Wildman–Crippen LogP) is 2.00. The van der Waals surface area contributed by atoms with E-state index in [1.54, 1.807) is 6.20 Å². The number of hydrogen-bond donors (Lipinski definition) is 0. The number of nitrogens with zero attached hydrogens (tertiary/aromatic N) is 6. The normalized spacial score (nSPS) is 18.3. The van der Waals surface area contributed by atoms with E-state index in [4.69, 9.17) is 16.3 Å². The monoisotopic (exact) mass is 374 g/mol. The van der Waals surface area contributed by atoms with E-state index >= 15 is 0 Å². The van der Waals surface area contributed by atoms with Gasteiger partial charge in [0.25, 0.3) is 0 Å². The Hall–Kier alpha value is -2.12.